The van der Waals surface area contributed by atoms with E-state index < -0.39 is 27.1 Å². The van der Waals surface area contributed by atoms with Crippen LogP contribution >= 0.6 is 0 Å². The molecule has 32 heavy (non-hydrogen) atoms. The van der Waals surface area contributed by atoms with Gasteiger partial charge in [-0.2, -0.15) is 8.42 Å². The highest BCUT2D eigenvalue weighted by Crippen LogP contribution is 2.36. The Bertz CT molecular complexity index is 814. The van der Waals surface area contributed by atoms with Gasteiger partial charge in [-0.3, -0.25) is 14.7 Å². The zero-order chi connectivity index (χ0) is 23.4. The van der Waals surface area contributed by atoms with Gasteiger partial charge in [0.15, 0.2) is 6.29 Å². The Morgan fingerprint density at radius 1 is 1.12 bits per heavy atom. The lowest BCUT2D eigenvalue weighted by Crippen LogP contribution is -2.10. The molecule has 1 heterocycles. The lowest BCUT2D eigenvalue weighted by molar-refractivity contribution is -0.386. The number of hydrogen-bond donors (Lipinski definition) is 1. The van der Waals surface area contributed by atoms with Crippen LogP contribution in [0.4, 0.5) is 5.69 Å². The Morgan fingerprint density at radius 3 is 2.47 bits per heavy atom. The molecule has 1 N–H and O–H groups in total. The zero-order valence-electron chi connectivity index (χ0n) is 18.7. The van der Waals surface area contributed by atoms with Crippen molar-refractivity contribution in [2.45, 2.75) is 83.5 Å². The highest BCUT2D eigenvalue weighted by atomic mass is 32.2. The van der Waals surface area contributed by atoms with E-state index >= 15 is 0 Å². The van der Waals surface area contributed by atoms with Gasteiger partial charge >= 0.3 is 0 Å². The van der Waals surface area contributed by atoms with Gasteiger partial charge in [0.1, 0.15) is 5.75 Å². The minimum absolute atomic E-state index is 0.0461. The topological polar surface area (TPSA) is 125 Å². The van der Waals surface area contributed by atoms with Gasteiger partial charge in [0.05, 0.1) is 35.6 Å². The fourth-order valence-corrected chi connectivity index (χ4v) is 4.16. The molecular formula is C22H35NO8S. The van der Waals surface area contributed by atoms with Crippen LogP contribution in [0.1, 0.15) is 83.0 Å². The van der Waals surface area contributed by atoms with Crippen LogP contribution in [0.25, 0.3) is 0 Å². The first-order valence-electron chi connectivity index (χ1n) is 11.4. The summed E-state index contributed by atoms with van der Waals surface area (Å²) in [6.07, 6.45) is 9.81. The molecule has 0 amide bonds. The molecule has 1 aliphatic rings. The van der Waals surface area contributed by atoms with Gasteiger partial charge in [-0.1, -0.05) is 58.3 Å². The number of nitrogens with zero attached hydrogens (tertiary/aromatic N) is 1. The summed E-state index contributed by atoms with van der Waals surface area (Å²) in [7, 11) is -4.05. The molecular weight excluding hydrogens is 438 g/mol. The molecule has 2 atom stereocenters. The predicted octanol–water partition coefficient (Wildman–Crippen LogP) is 5.20. The van der Waals surface area contributed by atoms with Crippen molar-refractivity contribution >= 4 is 15.8 Å². The van der Waals surface area contributed by atoms with E-state index in [0.717, 1.165) is 19.3 Å². The molecule has 0 spiro atoms. The summed E-state index contributed by atoms with van der Waals surface area (Å²) < 4.78 is 47.4. The third kappa shape index (κ3) is 9.81. The van der Waals surface area contributed by atoms with Crippen LogP contribution < -0.4 is 4.74 Å². The quantitative estimate of drug-likeness (QED) is 0.150. The fraction of sp³-hybridized carbons (Fsp3) is 0.727. The second-order valence-corrected chi connectivity index (χ2v) is 9.72. The average molecular weight is 474 g/mol. The maximum absolute atomic E-state index is 11.4. The molecule has 0 bridgehead atoms. The van der Waals surface area contributed by atoms with Crippen LogP contribution in [0.15, 0.2) is 18.2 Å². The summed E-state index contributed by atoms with van der Waals surface area (Å²) in [6, 6.07) is 4.27. The molecule has 1 aliphatic heterocycles. The lowest BCUT2D eigenvalue weighted by atomic mass is 10.1. The Morgan fingerprint density at radius 2 is 1.81 bits per heavy atom. The van der Waals surface area contributed by atoms with Gasteiger partial charge in [-0.25, -0.2) is 0 Å². The Balaban J connectivity index is 1.82. The third-order valence-electron chi connectivity index (χ3n) is 5.39. The highest BCUT2D eigenvalue weighted by Gasteiger charge is 2.32. The van der Waals surface area contributed by atoms with Gasteiger partial charge in [0.2, 0.25) is 0 Å². The van der Waals surface area contributed by atoms with Gasteiger partial charge in [-0.05, 0) is 25.0 Å². The second kappa shape index (κ2) is 13.7. The van der Waals surface area contributed by atoms with Gasteiger partial charge in [0.25, 0.3) is 15.8 Å². The van der Waals surface area contributed by atoms with Crippen LogP contribution in [0, 0.1) is 10.1 Å². The van der Waals surface area contributed by atoms with E-state index in [4.69, 9.17) is 18.8 Å². The van der Waals surface area contributed by atoms with E-state index in [9.17, 15) is 18.5 Å². The first-order chi connectivity index (χ1) is 15.3. The van der Waals surface area contributed by atoms with Crippen LogP contribution in [0.3, 0.4) is 0 Å². The van der Waals surface area contributed by atoms with Gasteiger partial charge < -0.3 is 14.2 Å². The fourth-order valence-electron chi connectivity index (χ4n) is 3.68. The van der Waals surface area contributed by atoms with E-state index in [1.165, 1.54) is 56.7 Å². The SMILES string of the molecule is CCCCCCCCCCC1COC(c2cc(OCCCS(=O)(=O)O)ccc2[N+](=O)[O-])O1. The number of ether oxygens (including phenoxy) is 3. The van der Waals surface area contributed by atoms with Crippen molar-refractivity contribution in [3.05, 3.63) is 33.9 Å². The molecule has 9 nitrogen and oxygen atoms in total. The van der Waals surface area contributed by atoms with Crippen molar-refractivity contribution in [1.82, 2.24) is 0 Å². The standard InChI is InChI=1S/C22H35NO8S/c1-2-3-4-5-6-7-8-9-11-19-17-30-22(31-19)20-16-18(12-13-21(20)23(24)25)29-14-10-15-32(26,27)28/h12-13,16,19,22H,2-11,14-15,17H2,1H3,(H,26,27,28). The van der Waals surface area contributed by atoms with E-state index in [0.29, 0.717) is 12.4 Å². The van der Waals surface area contributed by atoms with Crippen molar-refractivity contribution in [2.75, 3.05) is 19.0 Å². The largest absolute Gasteiger partial charge is 0.494 e. The van der Waals surface area contributed by atoms with Crippen molar-refractivity contribution in [1.29, 1.82) is 0 Å². The van der Waals surface area contributed by atoms with Crippen LogP contribution in [0.5, 0.6) is 5.75 Å². The predicted molar refractivity (Wildman–Crippen MR) is 120 cm³/mol. The molecule has 0 aromatic heterocycles. The smallest absolute Gasteiger partial charge is 0.277 e. The molecule has 2 unspecified atom stereocenters. The van der Waals surface area contributed by atoms with Gasteiger partial charge in [0, 0.05) is 6.07 Å². The maximum Gasteiger partial charge on any atom is 0.277 e. The van der Waals surface area contributed by atoms with E-state index in [1.54, 1.807) is 0 Å². The molecule has 1 saturated heterocycles. The summed E-state index contributed by atoms with van der Waals surface area (Å²) in [6.45, 7) is 2.64. The molecule has 2 rings (SSSR count). The molecule has 1 aromatic rings. The summed E-state index contributed by atoms with van der Waals surface area (Å²) in [4.78, 5) is 10.9. The molecule has 182 valence electrons. The summed E-state index contributed by atoms with van der Waals surface area (Å²) in [5.41, 5.74) is 0.161. The Kier molecular flexibility index (Phi) is 11.4. The van der Waals surface area contributed by atoms with Crippen LogP contribution in [0.2, 0.25) is 0 Å². The number of nitro benzene ring substituents is 1. The monoisotopic (exact) mass is 473 g/mol. The van der Waals surface area contributed by atoms with Crippen LogP contribution in [-0.4, -0.2) is 43.0 Å². The molecule has 1 fully saturated rings. The first-order valence-corrected chi connectivity index (χ1v) is 13.0. The van der Waals surface area contributed by atoms with Crippen molar-refractivity contribution in [2.24, 2.45) is 0 Å². The minimum Gasteiger partial charge on any atom is -0.494 e. The van der Waals surface area contributed by atoms with E-state index in [1.807, 2.05) is 0 Å². The van der Waals surface area contributed by atoms with Crippen molar-refractivity contribution in [3.63, 3.8) is 0 Å². The van der Waals surface area contributed by atoms with Gasteiger partial charge in [-0.15, -0.1) is 0 Å². The summed E-state index contributed by atoms with van der Waals surface area (Å²) in [5, 5.41) is 11.4. The number of benzene rings is 1. The van der Waals surface area contributed by atoms with E-state index in [2.05, 4.69) is 6.92 Å². The number of nitro groups is 1. The Labute approximate surface area is 190 Å². The Hall–Kier alpha value is -1.75. The van der Waals surface area contributed by atoms with Crippen molar-refractivity contribution in [3.8, 4) is 5.75 Å². The molecule has 10 heteroatoms. The molecule has 1 aromatic carbocycles. The summed E-state index contributed by atoms with van der Waals surface area (Å²) in [5.74, 6) is -0.0677. The first kappa shape index (κ1) is 26.5. The lowest BCUT2D eigenvalue weighted by Gasteiger charge is -2.14. The van der Waals surface area contributed by atoms with Crippen LogP contribution in [-0.2, 0) is 19.6 Å². The molecule has 0 aliphatic carbocycles. The molecule has 0 saturated carbocycles. The normalized spacial score (nSPS) is 18.7. The maximum atomic E-state index is 11.4. The van der Waals surface area contributed by atoms with Crippen molar-refractivity contribution < 1.29 is 32.1 Å². The average Bonchev–Trinajstić information content (AvgIpc) is 3.21. The zero-order valence-corrected chi connectivity index (χ0v) is 19.6. The third-order valence-corrected chi connectivity index (χ3v) is 6.20. The minimum atomic E-state index is -4.05. The number of hydrogen-bond acceptors (Lipinski definition) is 7. The molecule has 0 radical (unpaired) electrons. The summed E-state index contributed by atoms with van der Waals surface area (Å²) >= 11 is 0. The number of rotatable bonds is 16. The number of unbranched alkanes of at least 4 members (excludes halogenated alkanes) is 7. The van der Waals surface area contributed by atoms with E-state index in [-0.39, 0.29) is 30.4 Å². The highest BCUT2D eigenvalue weighted by molar-refractivity contribution is 7.85. The second-order valence-electron chi connectivity index (χ2n) is 8.15.